The second-order valence-electron chi connectivity index (χ2n) is 8.50. The summed E-state index contributed by atoms with van der Waals surface area (Å²) in [4.78, 5) is 12.1. The van der Waals surface area contributed by atoms with Crippen LogP contribution in [0.15, 0.2) is 54.6 Å². The van der Waals surface area contributed by atoms with Crippen LogP contribution in [0.2, 0.25) is 0 Å². The molecule has 3 N–H and O–H groups in total. The van der Waals surface area contributed by atoms with E-state index in [1.807, 2.05) is 54.6 Å². The zero-order valence-corrected chi connectivity index (χ0v) is 18.1. The van der Waals surface area contributed by atoms with Crippen molar-refractivity contribution in [3.8, 4) is 5.75 Å². The van der Waals surface area contributed by atoms with Crippen molar-refractivity contribution >= 4 is 6.09 Å². The highest BCUT2D eigenvalue weighted by Crippen LogP contribution is 2.19. The van der Waals surface area contributed by atoms with Gasteiger partial charge in [-0.05, 0) is 63.3 Å². The average molecular weight is 416 g/mol. The highest BCUT2D eigenvalue weighted by molar-refractivity contribution is 5.68. The zero-order valence-electron chi connectivity index (χ0n) is 18.1. The molecule has 0 atom stereocenters. The minimum Gasteiger partial charge on any atom is -0.489 e. The van der Waals surface area contributed by atoms with E-state index in [0.29, 0.717) is 19.4 Å². The second-order valence-corrected chi connectivity index (χ2v) is 8.50. The molecule has 0 bridgehead atoms. The number of nitrogens with one attached hydrogen (secondary N) is 1. The van der Waals surface area contributed by atoms with E-state index in [0.717, 1.165) is 23.3 Å². The van der Waals surface area contributed by atoms with Crippen LogP contribution in [0, 0.1) is 0 Å². The predicted octanol–water partition coefficient (Wildman–Crippen LogP) is 3.84. The van der Waals surface area contributed by atoms with Crippen molar-refractivity contribution in [1.82, 2.24) is 5.32 Å². The summed E-state index contributed by atoms with van der Waals surface area (Å²) in [5.74, 6) is 0.800. The summed E-state index contributed by atoms with van der Waals surface area (Å²) >= 11 is 0. The zero-order chi connectivity index (χ0) is 22.0. The lowest BCUT2D eigenvalue weighted by Gasteiger charge is -2.32. The van der Waals surface area contributed by atoms with Gasteiger partial charge in [-0.15, -0.1) is 0 Å². The number of alkyl carbamates (subject to hydrolysis) is 1. The Kier molecular flexibility index (Phi) is 8.69. The number of amides is 1. The lowest BCUT2D eigenvalue weighted by molar-refractivity contribution is 0.0271. The van der Waals surface area contributed by atoms with Gasteiger partial charge in [0, 0.05) is 0 Å². The molecule has 2 aromatic rings. The van der Waals surface area contributed by atoms with Crippen LogP contribution in [0.1, 0.15) is 44.7 Å². The number of aryl methyl sites for hydroxylation is 1. The van der Waals surface area contributed by atoms with Gasteiger partial charge in [-0.25, -0.2) is 4.79 Å². The molecule has 0 radical (unpaired) electrons. The number of ether oxygens (including phenoxy) is 2. The number of rotatable bonds is 10. The molecule has 0 heterocycles. The van der Waals surface area contributed by atoms with Crippen molar-refractivity contribution in [2.45, 2.75) is 57.8 Å². The molecule has 164 valence electrons. The third-order valence-corrected chi connectivity index (χ3v) is 4.66. The van der Waals surface area contributed by atoms with Crippen LogP contribution in [-0.4, -0.2) is 40.7 Å². The van der Waals surface area contributed by atoms with E-state index in [9.17, 15) is 15.0 Å². The van der Waals surface area contributed by atoms with Gasteiger partial charge in [0.1, 0.15) is 18.0 Å². The van der Waals surface area contributed by atoms with E-state index in [2.05, 4.69) is 5.32 Å². The van der Waals surface area contributed by atoms with E-state index >= 15 is 0 Å². The molecule has 0 aromatic heterocycles. The minimum absolute atomic E-state index is 0.366. The first kappa shape index (κ1) is 23.7. The van der Waals surface area contributed by atoms with Crippen molar-refractivity contribution in [1.29, 1.82) is 0 Å². The average Bonchev–Trinajstić information content (AvgIpc) is 2.72. The minimum atomic E-state index is -1.11. The Morgan fingerprint density at radius 2 is 1.57 bits per heavy atom. The summed E-state index contributed by atoms with van der Waals surface area (Å²) < 4.78 is 11.0. The van der Waals surface area contributed by atoms with Gasteiger partial charge < -0.3 is 25.0 Å². The molecule has 1 amide bonds. The standard InChI is InChI=1S/C24H33NO5/c1-23(2,3)30-22(28)25-24(17-26,18-27)15-7-10-19-11-13-21(14-12-19)29-16-20-8-5-4-6-9-20/h4-6,8-9,11-14,26-27H,7,10,15-18H2,1-3H3,(H,25,28). The smallest absolute Gasteiger partial charge is 0.408 e. The summed E-state index contributed by atoms with van der Waals surface area (Å²) in [7, 11) is 0. The fourth-order valence-electron chi connectivity index (χ4n) is 2.99. The van der Waals surface area contributed by atoms with Gasteiger partial charge >= 0.3 is 6.09 Å². The van der Waals surface area contributed by atoms with Gasteiger partial charge in [0.05, 0.1) is 18.8 Å². The number of carbonyl (C=O) groups is 1. The van der Waals surface area contributed by atoms with Gasteiger partial charge in [-0.3, -0.25) is 0 Å². The molecule has 0 aliphatic heterocycles. The topological polar surface area (TPSA) is 88.0 Å². The fraction of sp³-hybridized carbons (Fsp3) is 0.458. The molecule has 0 aliphatic rings. The molecule has 6 heteroatoms. The van der Waals surface area contributed by atoms with E-state index < -0.39 is 17.2 Å². The Labute approximate surface area is 178 Å². The molecule has 0 fully saturated rings. The maximum Gasteiger partial charge on any atom is 0.408 e. The monoisotopic (exact) mass is 415 g/mol. The van der Waals surface area contributed by atoms with Crippen molar-refractivity contribution in [2.75, 3.05) is 13.2 Å². The van der Waals surface area contributed by atoms with E-state index in [4.69, 9.17) is 9.47 Å². The molecule has 6 nitrogen and oxygen atoms in total. The highest BCUT2D eigenvalue weighted by atomic mass is 16.6. The van der Waals surface area contributed by atoms with Crippen LogP contribution in [-0.2, 0) is 17.8 Å². The molecule has 0 saturated heterocycles. The summed E-state index contributed by atoms with van der Waals surface area (Å²) in [6.45, 7) is 5.08. The molecule has 0 saturated carbocycles. The summed E-state index contributed by atoms with van der Waals surface area (Å²) in [5.41, 5.74) is 0.471. The lowest BCUT2D eigenvalue weighted by Crippen LogP contribution is -2.55. The number of carbonyl (C=O) groups excluding carboxylic acids is 1. The molecule has 2 rings (SSSR count). The third-order valence-electron chi connectivity index (χ3n) is 4.66. The Balaban J connectivity index is 1.83. The van der Waals surface area contributed by atoms with Crippen LogP contribution in [0.4, 0.5) is 4.79 Å². The Hall–Kier alpha value is -2.57. The largest absolute Gasteiger partial charge is 0.489 e. The second kappa shape index (κ2) is 11.0. The first-order valence-corrected chi connectivity index (χ1v) is 10.2. The van der Waals surface area contributed by atoms with Crippen LogP contribution in [0.5, 0.6) is 5.75 Å². The maximum atomic E-state index is 12.1. The van der Waals surface area contributed by atoms with Crippen LogP contribution in [0.3, 0.4) is 0 Å². The predicted molar refractivity (Wildman–Crippen MR) is 116 cm³/mol. The Morgan fingerprint density at radius 1 is 0.933 bits per heavy atom. The van der Waals surface area contributed by atoms with Crippen molar-refractivity contribution in [3.05, 3.63) is 65.7 Å². The number of hydrogen-bond acceptors (Lipinski definition) is 5. The van der Waals surface area contributed by atoms with Crippen molar-refractivity contribution in [3.63, 3.8) is 0 Å². The van der Waals surface area contributed by atoms with Gasteiger partial charge in [0.2, 0.25) is 0 Å². The quantitative estimate of drug-likeness (QED) is 0.549. The van der Waals surface area contributed by atoms with Crippen molar-refractivity contribution < 1.29 is 24.5 Å². The van der Waals surface area contributed by atoms with Crippen LogP contribution < -0.4 is 10.1 Å². The van der Waals surface area contributed by atoms with E-state index in [-0.39, 0.29) is 13.2 Å². The Bertz CT molecular complexity index is 764. The Morgan fingerprint density at radius 3 is 2.13 bits per heavy atom. The summed E-state index contributed by atoms with van der Waals surface area (Å²) in [6, 6.07) is 17.9. The van der Waals surface area contributed by atoms with Gasteiger partial charge in [0.25, 0.3) is 0 Å². The van der Waals surface area contributed by atoms with E-state index in [1.54, 1.807) is 20.8 Å². The SMILES string of the molecule is CC(C)(C)OC(=O)NC(CO)(CO)CCCc1ccc(OCc2ccccc2)cc1. The number of hydrogen-bond donors (Lipinski definition) is 3. The maximum absolute atomic E-state index is 12.1. The fourth-order valence-corrected chi connectivity index (χ4v) is 2.99. The van der Waals surface area contributed by atoms with Crippen molar-refractivity contribution in [2.24, 2.45) is 0 Å². The van der Waals surface area contributed by atoms with Crippen LogP contribution >= 0.6 is 0 Å². The third kappa shape index (κ3) is 8.05. The molecular formula is C24H33NO5. The summed E-state index contributed by atoms with van der Waals surface area (Å²) in [6.07, 6.45) is 1.20. The molecule has 0 unspecified atom stereocenters. The highest BCUT2D eigenvalue weighted by Gasteiger charge is 2.32. The normalized spacial score (nSPS) is 11.8. The number of benzene rings is 2. The first-order chi connectivity index (χ1) is 14.3. The van der Waals surface area contributed by atoms with Gasteiger partial charge in [-0.1, -0.05) is 42.5 Å². The van der Waals surface area contributed by atoms with Gasteiger partial charge in [0.15, 0.2) is 0 Å². The van der Waals surface area contributed by atoms with Crippen LogP contribution in [0.25, 0.3) is 0 Å². The summed E-state index contributed by atoms with van der Waals surface area (Å²) in [5, 5.41) is 22.2. The number of aliphatic hydroxyl groups excluding tert-OH is 2. The first-order valence-electron chi connectivity index (χ1n) is 10.2. The van der Waals surface area contributed by atoms with E-state index in [1.165, 1.54) is 0 Å². The molecule has 0 aliphatic carbocycles. The number of aliphatic hydroxyl groups is 2. The lowest BCUT2D eigenvalue weighted by atomic mass is 9.93. The molecular weight excluding hydrogens is 382 g/mol. The molecule has 2 aromatic carbocycles. The molecule has 0 spiro atoms. The van der Waals surface area contributed by atoms with Gasteiger partial charge in [-0.2, -0.15) is 0 Å². The molecule has 30 heavy (non-hydrogen) atoms.